The molecule has 1 aliphatic rings. The van der Waals surface area contributed by atoms with Crippen LogP contribution < -0.4 is 4.74 Å². The van der Waals surface area contributed by atoms with Crippen molar-refractivity contribution < 1.29 is 19.7 Å². The molecule has 2 N–H and O–H groups in total. The zero-order valence-electron chi connectivity index (χ0n) is 7.65. The number of hydrogen-bond acceptors (Lipinski definition) is 4. The van der Waals surface area contributed by atoms with E-state index in [1.807, 2.05) is 0 Å². The van der Waals surface area contributed by atoms with Crippen LogP contribution in [0.25, 0.3) is 0 Å². The van der Waals surface area contributed by atoms with Gasteiger partial charge in [-0.05, 0) is 18.6 Å². The van der Waals surface area contributed by atoms with Gasteiger partial charge in [-0.1, -0.05) is 12.1 Å². The quantitative estimate of drug-likeness (QED) is 0.581. The molecule has 0 aliphatic carbocycles. The summed E-state index contributed by atoms with van der Waals surface area (Å²) in [6, 6.07) is 5.11. The fraction of sp³-hybridized carbons (Fsp3) is 0.300. The third kappa shape index (κ3) is 1.20. The van der Waals surface area contributed by atoms with Crippen molar-refractivity contribution in [1.29, 1.82) is 0 Å². The van der Waals surface area contributed by atoms with E-state index in [2.05, 4.69) is 0 Å². The van der Waals surface area contributed by atoms with Crippen molar-refractivity contribution >= 4 is 5.78 Å². The molecule has 2 rings (SSSR count). The second kappa shape index (κ2) is 2.80. The lowest BCUT2D eigenvalue weighted by molar-refractivity contribution is -0.146. The molecular weight excluding hydrogens is 184 g/mol. The van der Waals surface area contributed by atoms with Crippen LogP contribution in [0.1, 0.15) is 15.9 Å². The molecule has 4 nitrogen and oxygen atoms in total. The summed E-state index contributed by atoms with van der Waals surface area (Å²) in [7, 11) is 0. The maximum Gasteiger partial charge on any atom is 0.264 e. The van der Waals surface area contributed by atoms with E-state index in [1.165, 1.54) is 0 Å². The molecule has 1 aliphatic heterocycles. The van der Waals surface area contributed by atoms with Gasteiger partial charge in [0.05, 0.1) is 5.56 Å². The largest absolute Gasteiger partial charge is 0.487 e. The first-order valence-corrected chi connectivity index (χ1v) is 4.24. The highest BCUT2D eigenvalue weighted by Crippen LogP contribution is 2.30. The fourth-order valence-electron chi connectivity index (χ4n) is 1.50. The molecule has 74 valence electrons. The molecule has 4 heteroatoms. The van der Waals surface area contributed by atoms with E-state index in [1.54, 1.807) is 25.1 Å². The Morgan fingerprint density at radius 1 is 1.43 bits per heavy atom. The molecule has 14 heavy (non-hydrogen) atoms. The van der Waals surface area contributed by atoms with Crippen molar-refractivity contribution in [3.05, 3.63) is 29.3 Å². The standard InChI is InChI=1S/C10H10O4/c1-6-3-2-4-7-8(6)9(11)10(12,13)5-14-7/h2-4,12-13H,5H2,1H3. The number of rotatable bonds is 0. The summed E-state index contributed by atoms with van der Waals surface area (Å²) in [5.74, 6) is -2.68. The van der Waals surface area contributed by atoms with Gasteiger partial charge in [0, 0.05) is 0 Å². The second-order valence-electron chi connectivity index (χ2n) is 3.38. The Hall–Kier alpha value is -1.39. The summed E-state index contributed by atoms with van der Waals surface area (Å²) in [5.41, 5.74) is 0.934. The molecule has 0 radical (unpaired) electrons. The maximum atomic E-state index is 11.6. The van der Waals surface area contributed by atoms with Crippen LogP contribution in [-0.2, 0) is 0 Å². The average molecular weight is 194 g/mol. The minimum absolute atomic E-state index is 0.253. The number of aryl methyl sites for hydroxylation is 1. The van der Waals surface area contributed by atoms with Crippen molar-refractivity contribution in [2.45, 2.75) is 12.7 Å². The van der Waals surface area contributed by atoms with E-state index in [4.69, 9.17) is 4.74 Å². The number of hydrogen-bond donors (Lipinski definition) is 2. The lowest BCUT2D eigenvalue weighted by Crippen LogP contribution is -2.47. The van der Waals surface area contributed by atoms with E-state index in [9.17, 15) is 15.0 Å². The molecule has 1 heterocycles. The number of Topliss-reactive ketones (excluding diaryl/α,β-unsaturated/α-hetero) is 1. The van der Waals surface area contributed by atoms with Gasteiger partial charge >= 0.3 is 0 Å². The van der Waals surface area contributed by atoms with Gasteiger partial charge in [-0.2, -0.15) is 0 Å². The number of ether oxygens (including phenoxy) is 1. The Bertz CT molecular complexity index is 395. The third-order valence-corrected chi connectivity index (χ3v) is 2.25. The predicted octanol–water partition coefficient (Wildman–Crippen LogP) is 0.251. The number of fused-ring (bicyclic) bond motifs is 1. The maximum absolute atomic E-state index is 11.6. The summed E-state index contributed by atoms with van der Waals surface area (Å²) in [6.07, 6.45) is 0. The lowest BCUT2D eigenvalue weighted by atomic mass is 9.96. The first-order chi connectivity index (χ1) is 6.52. The zero-order valence-corrected chi connectivity index (χ0v) is 7.65. The van der Waals surface area contributed by atoms with Gasteiger partial charge in [-0.15, -0.1) is 0 Å². The van der Waals surface area contributed by atoms with Gasteiger partial charge in [0.2, 0.25) is 5.78 Å². The van der Waals surface area contributed by atoms with Gasteiger partial charge in [0.1, 0.15) is 12.4 Å². The molecule has 0 fully saturated rings. The van der Waals surface area contributed by atoms with Gasteiger partial charge in [-0.25, -0.2) is 0 Å². The number of carbonyl (C=O) groups excluding carboxylic acids is 1. The molecule has 0 bridgehead atoms. The smallest absolute Gasteiger partial charge is 0.264 e. The predicted molar refractivity (Wildman–Crippen MR) is 48.2 cm³/mol. The van der Waals surface area contributed by atoms with Crippen LogP contribution >= 0.6 is 0 Å². The fourth-order valence-corrected chi connectivity index (χ4v) is 1.50. The summed E-state index contributed by atoms with van der Waals surface area (Å²) < 4.78 is 5.07. The number of aliphatic hydroxyl groups is 2. The number of ketones is 1. The average Bonchev–Trinajstić information content (AvgIpc) is 2.12. The van der Waals surface area contributed by atoms with Gasteiger partial charge in [-0.3, -0.25) is 4.79 Å². The van der Waals surface area contributed by atoms with E-state index in [-0.39, 0.29) is 5.56 Å². The Kier molecular flexibility index (Phi) is 1.83. The van der Waals surface area contributed by atoms with Crippen LogP contribution in [0.4, 0.5) is 0 Å². The van der Waals surface area contributed by atoms with E-state index < -0.39 is 18.2 Å². The molecule has 1 aromatic carbocycles. The summed E-state index contributed by atoms with van der Waals surface area (Å²) in [6.45, 7) is 1.31. The highest BCUT2D eigenvalue weighted by Gasteiger charge is 2.41. The molecular formula is C10H10O4. The zero-order chi connectivity index (χ0) is 10.3. The minimum Gasteiger partial charge on any atom is -0.487 e. The third-order valence-electron chi connectivity index (χ3n) is 2.25. The van der Waals surface area contributed by atoms with Crippen molar-refractivity contribution in [1.82, 2.24) is 0 Å². The molecule has 0 saturated heterocycles. The van der Waals surface area contributed by atoms with Crippen LogP contribution in [0.2, 0.25) is 0 Å². The van der Waals surface area contributed by atoms with Crippen LogP contribution in [-0.4, -0.2) is 28.4 Å². The highest BCUT2D eigenvalue weighted by molar-refractivity contribution is 6.05. The summed E-state index contributed by atoms with van der Waals surface area (Å²) in [5, 5.41) is 18.6. The van der Waals surface area contributed by atoms with Crippen molar-refractivity contribution in [3.63, 3.8) is 0 Å². The van der Waals surface area contributed by atoms with Crippen molar-refractivity contribution in [2.24, 2.45) is 0 Å². The Balaban J connectivity index is 2.60. The van der Waals surface area contributed by atoms with E-state index in [0.29, 0.717) is 11.3 Å². The minimum atomic E-state index is -2.39. The number of benzene rings is 1. The molecule has 0 spiro atoms. The van der Waals surface area contributed by atoms with E-state index in [0.717, 1.165) is 0 Å². The second-order valence-corrected chi connectivity index (χ2v) is 3.38. The topological polar surface area (TPSA) is 66.8 Å². The Labute approximate surface area is 80.7 Å². The Morgan fingerprint density at radius 2 is 2.14 bits per heavy atom. The highest BCUT2D eigenvalue weighted by atomic mass is 16.6. The van der Waals surface area contributed by atoms with Gasteiger partial charge < -0.3 is 14.9 Å². The summed E-state index contributed by atoms with van der Waals surface area (Å²) >= 11 is 0. The van der Waals surface area contributed by atoms with Crippen LogP contribution in [0, 0.1) is 6.92 Å². The first kappa shape index (κ1) is 9.18. The van der Waals surface area contributed by atoms with E-state index >= 15 is 0 Å². The monoisotopic (exact) mass is 194 g/mol. The first-order valence-electron chi connectivity index (χ1n) is 4.24. The normalized spacial score (nSPS) is 18.6. The van der Waals surface area contributed by atoms with Crippen LogP contribution in [0.15, 0.2) is 18.2 Å². The van der Waals surface area contributed by atoms with Gasteiger partial charge in [0.25, 0.3) is 5.79 Å². The molecule has 0 unspecified atom stereocenters. The van der Waals surface area contributed by atoms with Crippen molar-refractivity contribution in [2.75, 3.05) is 6.61 Å². The molecule has 0 atom stereocenters. The molecule has 0 saturated carbocycles. The molecule has 0 amide bonds. The van der Waals surface area contributed by atoms with Gasteiger partial charge in [0.15, 0.2) is 0 Å². The van der Waals surface area contributed by atoms with Crippen molar-refractivity contribution in [3.8, 4) is 5.75 Å². The molecule has 1 aromatic rings. The van der Waals surface area contributed by atoms with Crippen LogP contribution in [0.3, 0.4) is 0 Å². The number of carbonyl (C=O) groups is 1. The lowest BCUT2D eigenvalue weighted by Gasteiger charge is -2.27. The van der Waals surface area contributed by atoms with Crippen LogP contribution in [0.5, 0.6) is 5.75 Å². The Morgan fingerprint density at radius 3 is 2.86 bits per heavy atom. The SMILES string of the molecule is Cc1cccc2c1C(=O)C(O)(O)CO2. The molecule has 0 aromatic heterocycles. The summed E-state index contributed by atoms with van der Waals surface area (Å²) in [4.78, 5) is 11.6.